The van der Waals surface area contributed by atoms with Crippen molar-refractivity contribution in [1.82, 2.24) is 40.1 Å². The third kappa shape index (κ3) is 21.7. The zero-order valence-corrected chi connectivity index (χ0v) is 83.1. The Morgan fingerprint density at radius 3 is 1.19 bits per heavy atom. The Hall–Kier alpha value is -14.4. The van der Waals surface area contributed by atoms with E-state index in [-0.39, 0.29) is 94.1 Å². The Morgan fingerprint density at radius 2 is 0.846 bits per heavy atom. The number of carboxylic acids is 1. The van der Waals surface area contributed by atoms with E-state index in [1.807, 2.05) is 147 Å². The summed E-state index contributed by atoms with van der Waals surface area (Å²) in [7, 11) is 3.87. The van der Waals surface area contributed by atoms with Crippen LogP contribution in [0.3, 0.4) is 0 Å². The summed E-state index contributed by atoms with van der Waals surface area (Å²) in [6.45, 7) is 25.2. The van der Waals surface area contributed by atoms with Gasteiger partial charge in [-0.1, -0.05) is 132 Å². The number of imide groups is 2. The lowest BCUT2D eigenvalue weighted by Gasteiger charge is -2.38. The first-order valence-electron chi connectivity index (χ1n) is 46.1. The van der Waals surface area contributed by atoms with Gasteiger partial charge >= 0.3 is 53.1 Å². The van der Waals surface area contributed by atoms with Gasteiger partial charge in [0, 0.05) is 104 Å². The highest BCUT2D eigenvalue weighted by atomic mass is 32.1. The van der Waals surface area contributed by atoms with Crippen molar-refractivity contribution in [3.63, 3.8) is 0 Å². The molecule has 11 heterocycles. The molecule has 6 aromatic carbocycles. The molecule has 9 aliphatic rings. The maximum absolute atomic E-state index is 14.5. The van der Waals surface area contributed by atoms with Crippen LogP contribution < -0.4 is 24.4 Å². The van der Waals surface area contributed by atoms with Crippen molar-refractivity contribution in [1.29, 1.82) is 0 Å². The molecule has 143 heavy (non-hydrogen) atoms. The normalized spacial score (nSPS) is 20.7. The highest BCUT2D eigenvalue weighted by molar-refractivity contribution is 7.10. The number of carboxylic acid groups (broad SMARTS) is 1. The molecular formula is C102H108N10O29S2. The lowest BCUT2D eigenvalue weighted by Crippen LogP contribution is -2.57. The summed E-state index contributed by atoms with van der Waals surface area (Å²) in [5, 5.41) is 23.4. The van der Waals surface area contributed by atoms with Crippen LogP contribution >= 0.6 is 22.7 Å². The Labute approximate surface area is 829 Å². The van der Waals surface area contributed by atoms with Gasteiger partial charge in [0.05, 0.1) is 63.7 Å². The molecule has 6 amide bonds. The number of ether oxygens (including phenoxy) is 9. The van der Waals surface area contributed by atoms with Gasteiger partial charge in [-0.15, -0.1) is 22.7 Å². The molecule has 5 saturated heterocycles. The number of aryl methyl sites for hydroxylation is 2. The van der Waals surface area contributed by atoms with Crippen LogP contribution in [0.25, 0.3) is 0 Å². The molecular weight excluding hydrogens is 1890 g/mol. The van der Waals surface area contributed by atoms with Gasteiger partial charge in [-0.25, -0.2) is 44.2 Å². The second-order valence-electron chi connectivity index (χ2n) is 39.7. The number of aromatic nitrogens is 2. The molecule has 0 radical (unpaired) electrons. The van der Waals surface area contributed by atoms with Gasteiger partial charge in [0.25, 0.3) is 29.5 Å². The zero-order chi connectivity index (χ0) is 103. The first-order chi connectivity index (χ1) is 67.4. The number of carbonyl (C=O) groups excluding carboxylic acids is 14. The largest absolute Gasteiger partial charge is 0.480 e. The smallest absolute Gasteiger partial charge is 0.375 e. The van der Waals surface area contributed by atoms with Crippen molar-refractivity contribution in [2.24, 2.45) is 22.1 Å². The topological polar surface area (TPSA) is 475 Å². The number of hydrogen-bond acceptors (Lipinski definition) is 36. The number of esters is 5. The van der Waals surface area contributed by atoms with E-state index in [1.165, 1.54) is 46.9 Å². The molecule has 39 nitrogen and oxygen atoms in total. The minimum absolute atomic E-state index is 0.0177. The minimum atomic E-state index is -2.65. The fourth-order valence-corrected chi connectivity index (χ4v) is 18.2. The Kier molecular flexibility index (Phi) is 28.9. The van der Waals surface area contributed by atoms with E-state index >= 15 is 0 Å². The molecule has 0 spiro atoms. The number of fused-ring (bicyclic) bond motifs is 4. The monoisotopic (exact) mass is 2000 g/mol. The summed E-state index contributed by atoms with van der Waals surface area (Å²) in [5.74, 6) is -17.8. The number of nitrogens with zero attached hydrogens (tertiary/aromatic N) is 9. The number of rotatable bonds is 26. The predicted molar refractivity (Wildman–Crippen MR) is 506 cm³/mol. The van der Waals surface area contributed by atoms with Gasteiger partial charge in [-0.3, -0.25) is 62.6 Å². The average molecular weight is 2000 g/mol. The first kappa shape index (κ1) is 103. The number of piperidine rings is 2. The molecule has 2 N–H and O–H groups in total. The molecule has 2 aromatic heterocycles. The number of nitrogens with one attached hydrogen (secondary N) is 1. The Balaban J connectivity index is 0.000000180. The van der Waals surface area contributed by atoms with Gasteiger partial charge in [-0.2, -0.15) is 5.06 Å². The standard InChI is InChI=1S/C51H53N5O14S.C30H25NO9.C21H30N4O6S/c1-29-52-35(28-71-29)40(53-70-49(19-21-54(8)22-20-49)45(62)68-47(2,3)4)37(57)23-30-27-64-56(41(30)58)50(46(63)69-48(5,6)7)26-36(44(61)67-50)55-42(59)33-24-38-39(25-34(33)43(55)60)66-51(65-38,31-15-11-9-12-16-31)32-17-13-10-14-18-32;1-29(2,3)40-28(37)22(32)16-21(27(35)36)31-25(33)19-14-23-24(15-20(19)26(31)34)39-30(38-23,17-10-6-4-7-11-17)18-12-8-5-9-13-18;1-13-22-15(12-32-13)17(16(26)10-14-11-29-24-18(14)27)23-31-21(6-8-25(5)9-7-21)19(28)30-20(2,3)4/h9-18,24-25,28,30,36H,19-23,26-27H2,1-8H3;4-15,21H,16H2,1-3H3,(H,35,36);12,14H,6-11H2,1-5H3,(H,24,27)/b53-40-;;23-17-/t30-,36-,50?;21-;14-/m000/s1. The molecule has 8 aromatic rings. The predicted octanol–water partition coefficient (Wildman–Crippen LogP) is 11.0. The van der Waals surface area contributed by atoms with E-state index in [0.717, 1.165) is 5.01 Å². The Bertz CT molecular complexity index is 6270. The third-order valence-corrected chi connectivity index (χ3v) is 25.8. The van der Waals surface area contributed by atoms with Crippen molar-refractivity contribution in [2.75, 3.05) is 53.5 Å². The van der Waals surface area contributed by atoms with Gasteiger partial charge in [0.1, 0.15) is 45.9 Å². The second-order valence-corrected chi connectivity index (χ2v) is 41.8. The first-order valence-corrected chi connectivity index (χ1v) is 47.9. The van der Waals surface area contributed by atoms with Crippen LogP contribution in [0.1, 0.15) is 220 Å². The fourth-order valence-electron chi connectivity index (χ4n) is 17.0. The zero-order valence-electron chi connectivity index (χ0n) is 81.4. The maximum Gasteiger partial charge on any atom is 0.375 e. The molecule has 1 unspecified atom stereocenters. The van der Waals surface area contributed by atoms with Crippen LogP contribution in [0.2, 0.25) is 0 Å². The number of benzene rings is 6. The van der Waals surface area contributed by atoms with Crippen molar-refractivity contribution < 1.29 is 139 Å². The van der Waals surface area contributed by atoms with Crippen molar-refractivity contribution >= 4 is 123 Å². The van der Waals surface area contributed by atoms with Gasteiger partial charge < -0.3 is 67.2 Å². The summed E-state index contributed by atoms with van der Waals surface area (Å²) in [5.41, 5.74) is -4.55. The molecule has 0 aliphatic carbocycles. The van der Waals surface area contributed by atoms with Crippen LogP contribution in [-0.4, -0.2) is 245 Å². The van der Waals surface area contributed by atoms with E-state index in [1.54, 1.807) is 101 Å². The summed E-state index contributed by atoms with van der Waals surface area (Å²) >= 11 is 2.61. The molecule has 9 aliphatic heterocycles. The fraction of sp³-hybridized carbons (Fsp3) is 0.422. The number of aliphatic carboxylic acids is 1. The second kappa shape index (κ2) is 40.2. The van der Waals surface area contributed by atoms with Crippen LogP contribution in [0.5, 0.6) is 23.0 Å². The molecule has 5 atom stereocenters. The SMILES string of the molecule is CC(C)(C)OC(=O)C(=O)C[C@@H](C(=O)O)N1C(=O)c2cc3c(cc2C1=O)OC(c1ccccc1)(c1ccccc1)O3.Cc1nc(/C(=N/OC2(C(=O)OC(C)(C)C)CCN(C)CC2)C(=O)C[C@H]2CON(C3(C(=O)OC(C)(C)C)C[C@H](N4C(=O)c5cc6c(cc5C4=O)OC(c4ccccc4)(c4ccccc4)O6)C(=O)O3)C2=O)cs1.Cc1nc(/C(=N/OC2(C(=O)OC(C)(C)C)CCN(C)CC2)C(=O)C[C@H]2CONC2=O)cs1. The summed E-state index contributed by atoms with van der Waals surface area (Å²) < 4.78 is 53.6. The van der Waals surface area contributed by atoms with Crippen LogP contribution in [-0.2, 0) is 107 Å². The lowest BCUT2D eigenvalue weighted by molar-refractivity contribution is -0.263. The number of oxime groups is 2. The number of likely N-dealkylation sites (tertiary alicyclic amines) is 2. The van der Waals surface area contributed by atoms with Crippen LogP contribution in [0.4, 0.5) is 0 Å². The van der Waals surface area contributed by atoms with E-state index in [4.69, 9.17) is 62.0 Å². The quantitative estimate of drug-likeness (QED) is 0.0127. The number of amides is 6. The Morgan fingerprint density at radius 1 is 0.483 bits per heavy atom. The number of Topliss-reactive ketones (excluding diaryl/α,β-unsaturated/α-hetero) is 3. The molecule has 0 saturated carbocycles. The van der Waals surface area contributed by atoms with Gasteiger partial charge in [0.15, 0.2) is 46.0 Å². The highest BCUT2D eigenvalue weighted by Crippen LogP contribution is 2.53. The van der Waals surface area contributed by atoms with Crippen LogP contribution in [0.15, 0.2) is 167 Å². The maximum atomic E-state index is 14.5. The molecule has 41 heteroatoms. The summed E-state index contributed by atoms with van der Waals surface area (Å²) in [6, 6.07) is 38.3. The number of hydroxylamine groups is 3. The third-order valence-electron chi connectivity index (χ3n) is 24.2. The van der Waals surface area contributed by atoms with Crippen molar-refractivity contribution in [3.8, 4) is 23.0 Å². The summed E-state index contributed by atoms with van der Waals surface area (Å²) in [6.07, 6.45) is -1.20. The van der Waals surface area contributed by atoms with Gasteiger partial charge in [-0.05, 0) is 135 Å². The van der Waals surface area contributed by atoms with Crippen LogP contribution in [0, 0.1) is 25.7 Å². The number of carbonyl (C=O) groups is 15. The number of cyclic esters (lactones) is 1. The van der Waals surface area contributed by atoms with Gasteiger partial charge in [0.2, 0.25) is 22.9 Å². The van der Waals surface area contributed by atoms with E-state index in [9.17, 15) is 77.0 Å². The molecule has 5 fully saturated rings. The lowest BCUT2D eigenvalue weighted by atomic mass is 9.91. The van der Waals surface area contributed by atoms with E-state index in [0.29, 0.717) is 86.8 Å². The summed E-state index contributed by atoms with van der Waals surface area (Å²) in [4.78, 5) is 238. The van der Waals surface area contributed by atoms with Crippen molar-refractivity contribution in [2.45, 2.75) is 211 Å². The molecule has 17 rings (SSSR count). The average Bonchev–Trinajstić information content (AvgIpc) is 1.56. The number of thiazole rings is 2. The number of hydrogen-bond donors (Lipinski definition) is 2. The highest BCUT2D eigenvalue weighted by Gasteiger charge is 2.67. The molecule has 752 valence electrons. The van der Waals surface area contributed by atoms with E-state index in [2.05, 4.69) is 30.7 Å². The van der Waals surface area contributed by atoms with Crippen molar-refractivity contribution in [3.05, 3.63) is 222 Å². The van der Waals surface area contributed by atoms with E-state index < -0.39 is 183 Å². The minimum Gasteiger partial charge on any atom is -0.480 e. The number of ketones is 3. The molecule has 0 bridgehead atoms.